The molecule has 0 aliphatic carbocycles. The molecule has 0 unspecified atom stereocenters. The summed E-state index contributed by atoms with van der Waals surface area (Å²) < 4.78 is 27.6. The van der Waals surface area contributed by atoms with Crippen LogP contribution in [-0.4, -0.2) is 60.7 Å². The molecule has 29 heavy (non-hydrogen) atoms. The van der Waals surface area contributed by atoms with Gasteiger partial charge in [0, 0.05) is 32.4 Å². The zero-order valence-corrected chi connectivity index (χ0v) is 18.3. The molecule has 156 valence electrons. The summed E-state index contributed by atoms with van der Waals surface area (Å²) in [5, 5.41) is 3.02. The standard InChI is InChI=1S/C20H25ClN4O3S/c1-14-6-7-15(2)18(13-14)29(27,28)25-11-9-24(10-12-25)16(3)20(26)23-17-5-4-8-22-19(17)21/h4-8,13,16H,9-12H2,1-3H3,(H,23,26)/t16-/m0/s1. The van der Waals surface area contributed by atoms with Crippen molar-refractivity contribution in [2.45, 2.75) is 31.7 Å². The minimum Gasteiger partial charge on any atom is -0.322 e. The predicted octanol–water partition coefficient (Wildman–Crippen LogP) is 2.69. The molecule has 3 rings (SSSR count). The number of pyridine rings is 1. The lowest BCUT2D eigenvalue weighted by molar-refractivity contribution is -0.121. The van der Waals surface area contributed by atoms with E-state index in [9.17, 15) is 13.2 Å². The molecule has 1 aromatic carbocycles. The van der Waals surface area contributed by atoms with Crippen LogP contribution >= 0.6 is 11.6 Å². The Balaban J connectivity index is 1.64. The minimum absolute atomic E-state index is 0.203. The van der Waals surface area contributed by atoms with Crippen molar-refractivity contribution in [3.63, 3.8) is 0 Å². The second-order valence-electron chi connectivity index (χ2n) is 7.22. The molecular weight excluding hydrogens is 412 g/mol. The Morgan fingerprint density at radius 2 is 1.86 bits per heavy atom. The van der Waals surface area contributed by atoms with Gasteiger partial charge >= 0.3 is 0 Å². The number of aromatic nitrogens is 1. The highest BCUT2D eigenvalue weighted by Crippen LogP contribution is 2.23. The van der Waals surface area contributed by atoms with Gasteiger partial charge in [0.05, 0.1) is 16.6 Å². The molecule has 1 N–H and O–H groups in total. The van der Waals surface area contributed by atoms with Crippen molar-refractivity contribution >= 4 is 33.2 Å². The molecule has 1 aliphatic heterocycles. The van der Waals surface area contributed by atoms with Crippen molar-refractivity contribution in [1.82, 2.24) is 14.2 Å². The van der Waals surface area contributed by atoms with Gasteiger partial charge in [-0.25, -0.2) is 13.4 Å². The average Bonchev–Trinajstić information content (AvgIpc) is 2.71. The van der Waals surface area contributed by atoms with Gasteiger partial charge in [0.1, 0.15) is 0 Å². The van der Waals surface area contributed by atoms with Crippen molar-refractivity contribution in [1.29, 1.82) is 0 Å². The third-order valence-electron chi connectivity index (χ3n) is 5.18. The lowest BCUT2D eigenvalue weighted by Gasteiger charge is -2.37. The zero-order chi connectivity index (χ0) is 21.2. The molecule has 1 aromatic heterocycles. The topological polar surface area (TPSA) is 82.6 Å². The summed E-state index contributed by atoms with van der Waals surface area (Å²) in [6, 6.07) is 8.41. The number of hydrogen-bond acceptors (Lipinski definition) is 5. The molecule has 1 aliphatic rings. The van der Waals surface area contributed by atoms with E-state index in [-0.39, 0.29) is 11.1 Å². The largest absolute Gasteiger partial charge is 0.322 e. The molecule has 0 saturated carbocycles. The molecule has 2 aromatic rings. The molecule has 9 heteroatoms. The number of aryl methyl sites for hydroxylation is 2. The quantitative estimate of drug-likeness (QED) is 0.728. The van der Waals surface area contributed by atoms with Crippen molar-refractivity contribution in [3.8, 4) is 0 Å². The fraction of sp³-hybridized carbons (Fsp3) is 0.400. The Morgan fingerprint density at radius 1 is 1.17 bits per heavy atom. The summed E-state index contributed by atoms with van der Waals surface area (Å²) in [6.45, 7) is 7.10. The Hall–Kier alpha value is -2.00. The molecule has 2 heterocycles. The maximum absolute atomic E-state index is 13.1. The monoisotopic (exact) mass is 436 g/mol. The van der Waals surface area contributed by atoms with Crippen LogP contribution < -0.4 is 5.32 Å². The minimum atomic E-state index is -3.56. The number of carbonyl (C=O) groups excluding carboxylic acids is 1. The maximum atomic E-state index is 13.1. The molecule has 1 atom stereocenters. The summed E-state index contributed by atoms with van der Waals surface area (Å²) in [5.41, 5.74) is 2.11. The van der Waals surface area contributed by atoms with E-state index in [4.69, 9.17) is 11.6 Å². The Kier molecular flexibility index (Phi) is 6.58. The Bertz CT molecular complexity index is 1000. The van der Waals surface area contributed by atoms with Gasteiger partial charge in [-0.1, -0.05) is 23.7 Å². The number of rotatable bonds is 5. The van der Waals surface area contributed by atoms with E-state index in [0.29, 0.717) is 36.8 Å². The molecule has 1 saturated heterocycles. The van der Waals surface area contributed by atoms with Crippen LogP contribution in [0.1, 0.15) is 18.1 Å². The van der Waals surface area contributed by atoms with E-state index in [0.717, 1.165) is 11.1 Å². The number of sulfonamides is 1. The summed E-state index contributed by atoms with van der Waals surface area (Å²) in [5.74, 6) is -0.203. The van der Waals surface area contributed by atoms with Crippen molar-refractivity contribution in [2.75, 3.05) is 31.5 Å². The number of benzene rings is 1. The number of nitrogens with zero attached hydrogens (tertiary/aromatic N) is 3. The van der Waals surface area contributed by atoms with Crippen LogP contribution in [0.15, 0.2) is 41.4 Å². The number of anilines is 1. The lowest BCUT2D eigenvalue weighted by atomic mass is 10.2. The van der Waals surface area contributed by atoms with Gasteiger partial charge in [0.15, 0.2) is 5.15 Å². The third kappa shape index (κ3) is 4.78. The number of nitrogens with one attached hydrogen (secondary N) is 1. The summed E-state index contributed by atoms with van der Waals surface area (Å²) in [4.78, 5) is 18.8. The van der Waals surface area contributed by atoms with E-state index >= 15 is 0 Å². The van der Waals surface area contributed by atoms with Gasteiger partial charge in [0.25, 0.3) is 0 Å². The maximum Gasteiger partial charge on any atom is 0.243 e. The second kappa shape index (κ2) is 8.79. The van der Waals surface area contributed by atoms with Crippen LogP contribution in [0.3, 0.4) is 0 Å². The predicted molar refractivity (Wildman–Crippen MR) is 114 cm³/mol. The molecule has 0 radical (unpaired) electrons. The van der Waals surface area contributed by atoms with E-state index in [1.807, 2.05) is 24.0 Å². The first kappa shape index (κ1) is 21.7. The van der Waals surface area contributed by atoms with Gasteiger partial charge in [0.2, 0.25) is 15.9 Å². The van der Waals surface area contributed by atoms with E-state index in [1.165, 1.54) is 4.31 Å². The first-order chi connectivity index (χ1) is 13.7. The summed E-state index contributed by atoms with van der Waals surface area (Å²) >= 11 is 6.00. The summed E-state index contributed by atoms with van der Waals surface area (Å²) in [6.07, 6.45) is 1.55. The first-order valence-corrected chi connectivity index (χ1v) is 11.2. The second-order valence-corrected chi connectivity index (χ2v) is 9.48. The van der Waals surface area contributed by atoms with E-state index in [1.54, 1.807) is 38.2 Å². The van der Waals surface area contributed by atoms with Gasteiger partial charge in [-0.15, -0.1) is 0 Å². The van der Waals surface area contributed by atoms with E-state index < -0.39 is 16.1 Å². The van der Waals surface area contributed by atoms with Crippen molar-refractivity contribution in [2.24, 2.45) is 0 Å². The number of halogens is 1. The van der Waals surface area contributed by atoms with Gasteiger partial charge in [-0.05, 0) is 50.1 Å². The van der Waals surface area contributed by atoms with Gasteiger partial charge in [-0.2, -0.15) is 4.31 Å². The van der Waals surface area contributed by atoms with Crippen LogP contribution in [0, 0.1) is 13.8 Å². The lowest BCUT2D eigenvalue weighted by Crippen LogP contribution is -2.54. The smallest absolute Gasteiger partial charge is 0.243 e. The molecule has 0 spiro atoms. The molecular formula is C20H25ClN4O3S. The van der Waals surface area contributed by atoms with Crippen molar-refractivity contribution in [3.05, 3.63) is 52.8 Å². The Labute approximate surface area is 176 Å². The average molecular weight is 437 g/mol. The zero-order valence-electron chi connectivity index (χ0n) is 16.7. The van der Waals surface area contributed by atoms with Gasteiger partial charge < -0.3 is 5.32 Å². The highest BCUT2D eigenvalue weighted by molar-refractivity contribution is 7.89. The van der Waals surface area contributed by atoms with Crippen LogP contribution in [0.25, 0.3) is 0 Å². The number of carbonyl (C=O) groups is 1. The van der Waals surface area contributed by atoms with Crippen molar-refractivity contribution < 1.29 is 13.2 Å². The van der Waals surface area contributed by atoms with Gasteiger partial charge in [-0.3, -0.25) is 9.69 Å². The molecule has 1 amide bonds. The fourth-order valence-corrected chi connectivity index (χ4v) is 5.24. The summed E-state index contributed by atoms with van der Waals surface area (Å²) in [7, 11) is -3.56. The molecule has 1 fully saturated rings. The van der Waals surface area contributed by atoms with E-state index in [2.05, 4.69) is 10.3 Å². The molecule has 7 nitrogen and oxygen atoms in total. The van der Waals surface area contributed by atoms with Crippen LogP contribution in [0.2, 0.25) is 5.15 Å². The third-order valence-corrected chi connectivity index (χ3v) is 7.52. The van der Waals surface area contributed by atoms with Crippen LogP contribution in [-0.2, 0) is 14.8 Å². The SMILES string of the molecule is Cc1ccc(C)c(S(=O)(=O)N2CCN([C@@H](C)C(=O)Nc3cccnc3Cl)CC2)c1. The first-order valence-electron chi connectivity index (χ1n) is 9.43. The van der Waals surface area contributed by atoms with Crippen LogP contribution in [0.5, 0.6) is 0 Å². The molecule has 0 bridgehead atoms. The highest BCUT2D eigenvalue weighted by Gasteiger charge is 2.32. The Morgan fingerprint density at radius 3 is 2.52 bits per heavy atom. The number of hydrogen-bond donors (Lipinski definition) is 1. The fourth-order valence-electron chi connectivity index (χ4n) is 3.34. The number of piperazine rings is 1. The highest BCUT2D eigenvalue weighted by atomic mass is 35.5. The van der Waals surface area contributed by atoms with Crippen LogP contribution in [0.4, 0.5) is 5.69 Å². The number of amides is 1. The normalized spacial score (nSPS) is 17.1.